The molecule has 0 spiro atoms. The lowest BCUT2D eigenvalue weighted by atomic mass is 10.2. The van der Waals surface area contributed by atoms with Crippen LogP contribution in [0.1, 0.15) is 24.0 Å². The van der Waals surface area contributed by atoms with Gasteiger partial charge >= 0.3 is 0 Å². The summed E-state index contributed by atoms with van der Waals surface area (Å²) < 4.78 is 39.1. The van der Waals surface area contributed by atoms with Crippen LogP contribution in [-0.2, 0) is 21.4 Å². The Hall–Kier alpha value is -3.36. The third-order valence-corrected chi connectivity index (χ3v) is 7.91. The second-order valence-electron chi connectivity index (χ2n) is 8.19. The van der Waals surface area contributed by atoms with Crippen LogP contribution >= 0.6 is 0 Å². The number of amides is 1. The Kier molecular flexibility index (Phi) is 7.19. The molecule has 178 valence electrons. The summed E-state index contributed by atoms with van der Waals surface area (Å²) in [6, 6.07) is 21.1. The molecule has 0 aromatic heterocycles. The molecule has 1 fully saturated rings. The molecule has 0 saturated carbocycles. The van der Waals surface area contributed by atoms with Crippen LogP contribution in [0.15, 0.2) is 77.7 Å². The second kappa shape index (κ2) is 10.3. The molecule has 1 aliphatic heterocycles. The molecule has 0 unspecified atom stereocenters. The van der Waals surface area contributed by atoms with Crippen LogP contribution in [0.5, 0.6) is 11.5 Å². The molecule has 4 rings (SSSR count). The van der Waals surface area contributed by atoms with E-state index in [0.29, 0.717) is 48.7 Å². The first-order valence-corrected chi connectivity index (χ1v) is 12.6. The number of hydrogen-bond donors (Lipinski definition) is 1. The van der Waals surface area contributed by atoms with E-state index >= 15 is 0 Å². The number of aryl methyl sites for hydroxylation is 1. The van der Waals surface area contributed by atoms with Crippen molar-refractivity contribution in [1.82, 2.24) is 4.31 Å². The molecule has 1 aliphatic rings. The van der Waals surface area contributed by atoms with E-state index in [1.54, 1.807) is 43.3 Å². The molecule has 0 bridgehead atoms. The summed E-state index contributed by atoms with van der Waals surface area (Å²) in [7, 11) is -2.37. The van der Waals surface area contributed by atoms with Gasteiger partial charge in [0.05, 0.1) is 12.0 Å². The average molecular weight is 481 g/mol. The molecule has 34 heavy (non-hydrogen) atoms. The van der Waals surface area contributed by atoms with Gasteiger partial charge in [-0.3, -0.25) is 4.79 Å². The zero-order valence-electron chi connectivity index (χ0n) is 19.2. The monoisotopic (exact) mass is 480 g/mol. The molecule has 1 saturated heterocycles. The van der Waals surface area contributed by atoms with Gasteiger partial charge in [-0.15, -0.1) is 0 Å². The summed E-state index contributed by atoms with van der Waals surface area (Å²) >= 11 is 0. The average Bonchev–Trinajstić information content (AvgIpc) is 3.36. The molecule has 8 heteroatoms. The van der Waals surface area contributed by atoms with Crippen LogP contribution in [0.2, 0.25) is 0 Å². The fraction of sp³-hybridized carbons (Fsp3) is 0.269. The van der Waals surface area contributed by atoms with Crippen molar-refractivity contribution in [3.05, 3.63) is 83.9 Å². The minimum absolute atomic E-state index is 0.159. The van der Waals surface area contributed by atoms with Crippen molar-refractivity contribution in [2.75, 3.05) is 19.0 Å². The molecule has 0 radical (unpaired) electrons. The number of ether oxygens (including phenoxy) is 2. The van der Waals surface area contributed by atoms with Gasteiger partial charge < -0.3 is 14.8 Å². The fourth-order valence-corrected chi connectivity index (χ4v) is 5.90. The van der Waals surface area contributed by atoms with Crippen molar-refractivity contribution in [2.24, 2.45) is 0 Å². The van der Waals surface area contributed by atoms with Crippen LogP contribution in [0.25, 0.3) is 0 Å². The van der Waals surface area contributed by atoms with Crippen molar-refractivity contribution in [1.29, 1.82) is 0 Å². The topological polar surface area (TPSA) is 84.9 Å². The highest BCUT2D eigenvalue weighted by molar-refractivity contribution is 7.89. The first-order chi connectivity index (χ1) is 16.4. The zero-order valence-corrected chi connectivity index (χ0v) is 20.0. The number of sulfonamides is 1. The molecular weight excluding hydrogens is 452 g/mol. The Balaban J connectivity index is 1.43. The Morgan fingerprint density at radius 1 is 1.03 bits per heavy atom. The molecular formula is C26H28N2O5S. The van der Waals surface area contributed by atoms with Gasteiger partial charge in [0.25, 0.3) is 0 Å². The highest BCUT2D eigenvalue weighted by Gasteiger charge is 2.40. The van der Waals surface area contributed by atoms with Gasteiger partial charge in [-0.05, 0) is 61.2 Å². The van der Waals surface area contributed by atoms with Crippen LogP contribution in [-0.4, -0.2) is 38.3 Å². The third-order valence-electron chi connectivity index (χ3n) is 5.86. The smallest absolute Gasteiger partial charge is 0.244 e. The first kappa shape index (κ1) is 23.8. The van der Waals surface area contributed by atoms with E-state index in [4.69, 9.17) is 9.47 Å². The number of nitrogens with one attached hydrogen (secondary N) is 1. The Morgan fingerprint density at radius 3 is 2.44 bits per heavy atom. The summed E-state index contributed by atoms with van der Waals surface area (Å²) in [6.45, 7) is 2.48. The van der Waals surface area contributed by atoms with E-state index in [0.717, 1.165) is 5.56 Å². The molecule has 0 aliphatic carbocycles. The fourth-order valence-electron chi connectivity index (χ4n) is 4.00. The standard InChI is InChI=1S/C26H28N2O5S/c1-19-10-13-23(32-2)17-25(19)34(30,31)28-16-6-9-24(28)26(29)27-21-11-14-22(15-12-21)33-18-20-7-4-3-5-8-20/h3-5,7-8,10-15,17,24H,6,9,16,18H2,1-2H3,(H,27,29)/t24-/m0/s1. The number of nitrogens with zero attached hydrogens (tertiary/aromatic N) is 1. The summed E-state index contributed by atoms with van der Waals surface area (Å²) in [5.74, 6) is 0.791. The van der Waals surface area contributed by atoms with E-state index in [1.165, 1.54) is 17.5 Å². The molecule has 1 N–H and O–H groups in total. The normalized spacial score (nSPS) is 16.2. The molecule has 1 amide bonds. The molecule has 3 aromatic rings. The molecule has 3 aromatic carbocycles. The Labute approximate surface area is 200 Å². The van der Waals surface area contributed by atoms with Gasteiger partial charge in [0.15, 0.2) is 0 Å². The number of rotatable bonds is 8. The zero-order chi connectivity index (χ0) is 24.1. The Morgan fingerprint density at radius 2 is 1.74 bits per heavy atom. The van der Waals surface area contributed by atoms with Gasteiger partial charge in [-0.2, -0.15) is 4.31 Å². The number of anilines is 1. The number of methoxy groups -OCH3 is 1. The summed E-state index contributed by atoms with van der Waals surface area (Å²) in [4.78, 5) is 13.2. The molecule has 7 nitrogen and oxygen atoms in total. The Bertz CT molecular complexity index is 1240. The van der Waals surface area contributed by atoms with Gasteiger partial charge in [-0.1, -0.05) is 36.4 Å². The van der Waals surface area contributed by atoms with Crippen LogP contribution < -0.4 is 14.8 Å². The summed E-state index contributed by atoms with van der Waals surface area (Å²) in [6.07, 6.45) is 1.08. The summed E-state index contributed by atoms with van der Waals surface area (Å²) in [5.41, 5.74) is 2.26. The number of carbonyl (C=O) groups excluding carboxylic acids is 1. The molecule has 1 heterocycles. The minimum Gasteiger partial charge on any atom is -0.497 e. The lowest BCUT2D eigenvalue weighted by molar-refractivity contribution is -0.119. The van der Waals surface area contributed by atoms with Crippen molar-refractivity contribution < 1.29 is 22.7 Å². The maximum absolute atomic E-state index is 13.4. The third kappa shape index (κ3) is 5.24. The molecule has 1 atom stereocenters. The van der Waals surface area contributed by atoms with Crippen molar-refractivity contribution in [2.45, 2.75) is 37.3 Å². The van der Waals surface area contributed by atoms with Gasteiger partial charge in [0.1, 0.15) is 24.1 Å². The highest BCUT2D eigenvalue weighted by Crippen LogP contribution is 2.31. The maximum atomic E-state index is 13.4. The maximum Gasteiger partial charge on any atom is 0.244 e. The summed E-state index contributed by atoms with van der Waals surface area (Å²) in [5, 5.41) is 2.85. The van der Waals surface area contributed by atoms with Crippen LogP contribution in [0.3, 0.4) is 0 Å². The van der Waals surface area contributed by atoms with Gasteiger partial charge in [0.2, 0.25) is 15.9 Å². The van der Waals surface area contributed by atoms with Crippen molar-refractivity contribution >= 4 is 21.6 Å². The number of carbonyl (C=O) groups is 1. The van der Waals surface area contributed by atoms with E-state index < -0.39 is 16.1 Å². The predicted octanol–water partition coefficient (Wildman–Crippen LogP) is 4.37. The minimum atomic E-state index is -3.86. The van der Waals surface area contributed by atoms with Crippen LogP contribution in [0.4, 0.5) is 5.69 Å². The van der Waals surface area contributed by atoms with Gasteiger partial charge in [0, 0.05) is 18.3 Å². The lowest BCUT2D eigenvalue weighted by Crippen LogP contribution is -2.43. The van der Waals surface area contributed by atoms with Crippen molar-refractivity contribution in [3.63, 3.8) is 0 Å². The van der Waals surface area contributed by atoms with Crippen molar-refractivity contribution in [3.8, 4) is 11.5 Å². The highest BCUT2D eigenvalue weighted by atomic mass is 32.2. The number of benzene rings is 3. The van der Waals surface area contributed by atoms with Gasteiger partial charge in [-0.25, -0.2) is 8.42 Å². The SMILES string of the molecule is COc1ccc(C)c(S(=O)(=O)N2CCC[C@H]2C(=O)Nc2ccc(OCc3ccccc3)cc2)c1. The van der Waals surface area contributed by atoms with E-state index in [1.807, 2.05) is 30.3 Å². The van der Waals surface area contributed by atoms with E-state index in [2.05, 4.69) is 5.32 Å². The predicted molar refractivity (Wildman–Crippen MR) is 130 cm³/mol. The quantitative estimate of drug-likeness (QED) is 0.517. The lowest BCUT2D eigenvalue weighted by Gasteiger charge is -2.24. The first-order valence-electron chi connectivity index (χ1n) is 11.1. The second-order valence-corrected chi connectivity index (χ2v) is 10.1. The van der Waals surface area contributed by atoms with Crippen LogP contribution in [0, 0.1) is 6.92 Å². The largest absolute Gasteiger partial charge is 0.497 e. The van der Waals surface area contributed by atoms with E-state index in [-0.39, 0.29) is 10.8 Å². The number of hydrogen-bond acceptors (Lipinski definition) is 5. The van der Waals surface area contributed by atoms with E-state index in [9.17, 15) is 13.2 Å².